The predicted molar refractivity (Wildman–Crippen MR) is 77.6 cm³/mol. The van der Waals surface area contributed by atoms with Crippen molar-refractivity contribution in [3.8, 4) is 0 Å². The first-order valence-corrected chi connectivity index (χ1v) is 6.40. The van der Waals surface area contributed by atoms with Crippen LogP contribution in [-0.2, 0) is 0 Å². The molecular formula is C14H12BrFN2O. The first kappa shape index (κ1) is 13.5. The van der Waals surface area contributed by atoms with Gasteiger partial charge in [0.2, 0.25) is 0 Å². The third kappa shape index (κ3) is 2.93. The van der Waals surface area contributed by atoms with Crippen molar-refractivity contribution in [2.75, 3.05) is 11.1 Å². The highest BCUT2D eigenvalue weighted by atomic mass is 79.9. The van der Waals surface area contributed by atoms with Gasteiger partial charge < -0.3 is 11.1 Å². The Hall–Kier alpha value is -1.88. The molecule has 0 fully saturated rings. The van der Waals surface area contributed by atoms with Gasteiger partial charge in [-0.1, -0.05) is 12.1 Å². The van der Waals surface area contributed by atoms with E-state index in [9.17, 15) is 9.18 Å². The van der Waals surface area contributed by atoms with Gasteiger partial charge in [0.25, 0.3) is 5.91 Å². The number of nitrogen functional groups attached to an aromatic ring is 1. The Labute approximate surface area is 118 Å². The number of hydrogen-bond donors (Lipinski definition) is 2. The number of para-hydroxylation sites is 1. The van der Waals surface area contributed by atoms with Crippen molar-refractivity contribution in [3.63, 3.8) is 0 Å². The fraction of sp³-hybridized carbons (Fsp3) is 0.0714. The molecule has 98 valence electrons. The lowest BCUT2D eigenvalue weighted by molar-refractivity contribution is 0.102. The van der Waals surface area contributed by atoms with Gasteiger partial charge in [0.1, 0.15) is 5.82 Å². The largest absolute Gasteiger partial charge is 0.398 e. The maximum absolute atomic E-state index is 13.4. The summed E-state index contributed by atoms with van der Waals surface area (Å²) in [5.74, 6) is -0.794. The van der Waals surface area contributed by atoms with Crippen LogP contribution in [0.1, 0.15) is 15.9 Å². The van der Waals surface area contributed by atoms with Gasteiger partial charge in [-0.15, -0.1) is 0 Å². The Morgan fingerprint density at radius 1 is 1.32 bits per heavy atom. The summed E-state index contributed by atoms with van der Waals surface area (Å²) in [7, 11) is 0. The maximum atomic E-state index is 13.4. The molecule has 0 unspecified atom stereocenters. The molecule has 0 saturated carbocycles. The second kappa shape index (κ2) is 5.40. The van der Waals surface area contributed by atoms with E-state index in [0.29, 0.717) is 21.4 Å². The average molecular weight is 323 g/mol. The van der Waals surface area contributed by atoms with Crippen LogP contribution < -0.4 is 11.1 Å². The third-order valence-electron chi connectivity index (χ3n) is 2.75. The standard InChI is InChI=1S/C14H12BrFN2O/c1-8-3-2-4-10(13(8)17)14(19)18-9-5-6-11(15)12(16)7-9/h2-7H,17H2,1H3,(H,18,19). The summed E-state index contributed by atoms with van der Waals surface area (Å²) < 4.78 is 13.7. The average Bonchev–Trinajstić information content (AvgIpc) is 2.37. The second-order valence-corrected chi connectivity index (χ2v) is 4.97. The molecule has 0 radical (unpaired) electrons. The van der Waals surface area contributed by atoms with Gasteiger partial charge in [-0.25, -0.2) is 4.39 Å². The Kier molecular flexibility index (Phi) is 3.85. The Bertz CT molecular complexity index is 643. The molecule has 0 aliphatic rings. The lowest BCUT2D eigenvalue weighted by Gasteiger charge is -2.09. The van der Waals surface area contributed by atoms with E-state index in [1.807, 2.05) is 13.0 Å². The second-order valence-electron chi connectivity index (χ2n) is 4.12. The number of carbonyl (C=O) groups excluding carboxylic acids is 1. The summed E-state index contributed by atoms with van der Waals surface area (Å²) in [6, 6.07) is 9.59. The summed E-state index contributed by atoms with van der Waals surface area (Å²) in [6.07, 6.45) is 0. The van der Waals surface area contributed by atoms with E-state index in [0.717, 1.165) is 5.56 Å². The van der Waals surface area contributed by atoms with E-state index in [2.05, 4.69) is 21.2 Å². The highest BCUT2D eigenvalue weighted by Gasteiger charge is 2.11. The van der Waals surface area contributed by atoms with Crippen LogP contribution in [-0.4, -0.2) is 5.91 Å². The van der Waals surface area contributed by atoms with Crippen molar-refractivity contribution < 1.29 is 9.18 Å². The fourth-order valence-electron chi connectivity index (χ4n) is 1.65. The zero-order valence-corrected chi connectivity index (χ0v) is 11.8. The number of rotatable bonds is 2. The van der Waals surface area contributed by atoms with Crippen molar-refractivity contribution >= 4 is 33.2 Å². The molecule has 2 aromatic rings. The molecule has 3 nitrogen and oxygen atoms in total. The number of anilines is 2. The van der Waals surface area contributed by atoms with Crippen molar-refractivity contribution in [1.82, 2.24) is 0 Å². The van der Waals surface area contributed by atoms with E-state index in [1.165, 1.54) is 12.1 Å². The normalized spacial score (nSPS) is 10.3. The van der Waals surface area contributed by atoms with Gasteiger partial charge in [-0.3, -0.25) is 4.79 Å². The molecule has 5 heteroatoms. The molecule has 0 spiro atoms. The monoisotopic (exact) mass is 322 g/mol. The summed E-state index contributed by atoms with van der Waals surface area (Å²) in [4.78, 5) is 12.1. The molecule has 0 atom stereocenters. The number of nitrogens with one attached hydrogen (secondary N) is 1. The molecule has 0 heterocycles. The summed E-state index contributed by atoms with van der Waals surface area (Å²) in [5, 5.41) is 2.61. The topological polar surface area (TPSA) is 55.1 Å². The number of nitrogens with two attached hydrogens (primary N) is 1. The van der Waals surface area contributed by atoms with Crippen LogP contribution in [0.4, 0.5) is 15.8 Å². The van der Waals surface area contributed by atoms with Crippen molar-refractivity contribution in [2.24, 2.45) is 0 Å². The molecule has 19 heavy (non-hydrogen) atoms. The first-order valence-electron chi connectivity index (χ1n) is 5.60. The highest BCUT2D eigenvalue weighted by molar-refractivity contribution is 9.10. The van der Waals surface area contributed by atoms with E-state index in [-0.39, 0.29) is 5.91 Å². The summed E-state index contributed by atoms with van der Waals surface area (Å²) >= 11 is 3.05. The minimum Gasteiger partial charge on any atom is -0.398 e. The Balaban J connectivity index is 2.26. The number of halogens is 2. The number of hydrogen-bond acceptors (Lipinski definition) is 2. The zero-order valence-electron chi connectivity index (χ0n) is 10.2. The van der Waals surface area contributed by atoms with E-state index < -0.39 is 5.82 Å². The lowest BCUT2D eigenvalue weighted by atomic mass is 10.1. The van der Waals surface area contributed by atoms with Gasteiger partial charge in [-0.2, -0.15) is 0 Å². The van der Waals surface area contributed by atoms with Crippen molar-refractivity contribution in [1.29, 1.82) is 0 Å². The predicted octanol–water partition coefficient (Wildman–Crippen LogP) is 3.73. The lowest BCUT2D eigenvalue weighted by Crippen LogP contribution is -2.14. The molecule has 0 bridgehead atoms. The molecule has 1 amide bonds. The van der Waals surface area contributed by atoms with Crippen molar-refractivity contribution in [2.45, 2.75) is 6.92 Å². The SMILES string of the molecule is Cc1cccc(C(=O)Nc2ccc(Br)c(F)c2)c1N. The number of carbonyl (C=O) groups is 1. The van der Waals surface area contributed by atoms with Crippen LogP contribution in [0.3, 0.4) is 0 Å². The number of aryl methyl sites for hydroxylation is 1. The van der Waals surface area contributed by atoms with E-state index in [1.54, 1.807) is 18.2 Å². The van der Waals surface area contributed by atoms with Crippen LogP contribution >= 0.6 is 15.9 Å². The molecule has 0 aliphatic heterocycles. The molecular weight excluding hydrogens is 311 g/mol. The Morgan fingerprint density at radius 2 is 2.05 bits per heavy atom. The molecule has 0 saturated heterocycles. The van der Waals surface area contributed by atoms with Crippen molar-refractivity contribution in [3.05, 3.63) is 57.8 Å². The third-order valence-corrected chi connectivity index (χ3v) is 3.39. The quantitative estimate of drug-likeness (QED) is 0.828. The van der Waals surface area contributed by atoms with Gasteiger partial charge in [0.15, 0.2) is 0 Å². The van der Waals surface area contributed by atoms with Gasteiger partial charge in [0.05, 0.1) is 10.0 Å². The van der Waals surface area contributed by atoms with E-state index in [4.69, 9.17) is 5.73 Å². The minimum absolute atomic E-state index is 0.348. The zero-order chi connectivity index (χ0) is 14.0. The van der Waals surface area contributed by atoms with Gasteiger partial charge in [0, 0.05) is 11.4 Å². The molecule has 2 aromatic carbocycles. The minimum atomic E-state index is -0.435. The first-order chi connectivity index (χ1) is 8.99. The van der Waals surface area contributed by atoms with Crippen LogP contribution in [0.5, 0.6) is 0 Å². The fourth-order valence-corrected chi connectivity index (χ4v) is 1.90. The summed E-state index contributed by atoms with van der Waals surface area (Å²) in [6.45, 7) is 1.82. The number of benzene rings is 2. The Morgan fingerprint density at radius 3 is 2.74 bits per heavy atom. The van der Waals surface area contributed by atoms with Crippen LogP contribution in [0, 0.1) is 12.7 Å². The van der Waals surface area contributed by atoms with Crippen LogP contribution in [0.2, 0.25) is 0 Å². The maximum Gasteiger partial charge on any atom is 0.257 e. The smallest absolute Gasteiger partial charge is 0.257 e. The molecule has 3 N–H and O–H groups in total. The van der Waals surface area contributed by atoms with Crippen LogP contribution in [0.15, 0.2) is 40.9 Å². The molecule has 2 rings (SSSR count). The molecule has 0 aliphatic carbocycles. The van der Waals surface area contributed by atoms with Gasteiger partial charge >= 0.3 is 0 Å². The van der Waals surface area contributed by atoms with E-state index >= 15 is 0 Å². The summed E-state index contributed by atoms with van der Waals surface area (Å²) in [5.41, 5.74) is 7.86. The molecule has 0 aromatic heterocycles. The van der Waals surface area contributed by atoms with Gasteiger partial charge in [-0.05, 0) is 52.7 Å². The number of amides is 1. The van der Waals surface area contributed by atoms with Crippen LogP contribution in [0.25, 0.3) is 0 Å². The highest BCUT2D eigenvalue weighted by Crippen LogP contribution is 2.21.